The van der Waals surface area contributed by atoms with E-state index in [1.165, 1.54) is 0 Å². The summed E-state index contributed by atoms with van der Waals surface area (Å²) in [6.07, 6.45) is 6.40. The molecule has 1 saturated heterocycles. The average Bonchev–Trinajstić information content (AvgIpc) is 2.11. The largest absolute Gasteiger partial charge is 0.377 e. The first-order chi connectivity index (χ1) is 4.47. The molecule has 0 aromatic carbocycles. The quantitative estimate of drug-likeness (QED) is 0.535. The first-order valence-electron chi connectivity index (χ1n) is 2.94. The van der Waals surface area contributed by atoms with Crippen molar-refractivity contribution < 1.29 is 4.74 Å². The Kier molecular flexibility index (Phi) is 1.02. The van der Waals surface area contributed by atoms with Crippen molar-refractivity contribution >= 4 is 0 Å². The van der Waals surface area contributed by atoms with Gasteiger partial charge in [0.15, 0.2) is 0 Å². The van der Waals surface area contributed by atoms with Gasteiger partial charge in [0.05, 0.1) is 38.0 Å². The monoisotopic (exact) mass is 123 g/mol. The number of rotatable bonds is 1. The molecule has 1 aromatic heterocycles. The fourth-order valence-electron chi connectivity index (χ4n) is 0.822. The molecule has 3 nitrogen and oxygen atoms in total. The zero-order valence-corrected chi connectivity index (χ0v) is 4.95. The zero-order chi connectivity index (χ0) is 6.10. The van der Waals surface area contributed by atoms with Crippen molar-refractivity contribution in [1.29, 1.82) is 0 Å². The molecule has 9 heavy (non-hydrogen) atoms. The third-order valence-electron chi connectivity index (χ3n) is 1.49. The van der Waals surface area contributed by atoms with Gasteiger partial charge in [0.1, 0.15) is 0 Å². The Morgan fingerprint density at radius 1 is 1.67 bits per heavy atom. The van der Waals surface area contributed by atoms with Crippen LogP contribution in [0.2, 0.25) is 0 Å². The Morgan fingerprint density at radius 2 is 2.56 bits per heavy atom. The summed E-state index contributed by atoms with van der Waals surface area (Å²) < 4.78 is 6.94. The second-order valence-electron chi connectivity index (χ2n) is 2.12. The smallest absolute Gasteiger partial charge is 0.0955 e. The van der Waals surface area contributed by atoms with E-state index in [1.54, 1.807) is 12.5 Å². The maximum absolute atomic E-state index is 4.99. The van der Waals surface area contributed by atoms with E-state index in [1.807, 2.05) is 4.57 Å². The van der Waals surface area contributed by atoms with Crippen molar-refractivity contribution in [3.05, 3.63) is 18.7 Å². The van der Waals surface area contributed by atoms with Crippen LogP contribution in [0, 0.1) is 6.20 Å². The Balaban J connectivity index is 2.14. The lowest BCUT2D eigenvalue weighted by Crippen LogP contribution is -2.29. The van der Waals surface area contributed by atoms with Crippen LogP contribution in [-0.2, 0) is 4.74 Å². The Bertz CT molecular complexity index is 179. The minimum Gasteiger partial charge on any atom is -0.377 e. The minimum absolute atomic E-state index is 0.493. The summed E-state index contributed by atoms with van der Waals surface area (Å²) in [5.74, 6) is 0. The zero-order valence-electron chi connectivity index (χ0n) is 4.95. The predicted molar refractivity (Wildman–Crippen MR) is 30.9 cm³/mol. The minimum atomic E-state index is 0.493. The number of nitrogens with zero attached hydrogens (tertiary/aromatic N) is 2. The molecule has 2 rings (SSSR count). The SMILES string of the molecule is [c]1cncn1C1COC1. The molecule has 0 saturated carbocycles. The fourth-order valence-corrected chi connectivity index (χ4v) is 0.822. The van der Waals surface area contributed by atoms with E-state index in [2.05, 4.69) is 11.2 Å². The lowest BCUT2D eigenvalue weighted by atomic mass is 10.3. The van der Waals surface area contributed by atoms with E-state index in [0.717, 1.165) is 13.2 Å². The van der Waals surface area contributed by atoms with Crippen LogP contribution in [0.15, 0.2) is 12.5 Å². The van der Waals surface area contributed by atoms with Crippen molar-refractivity contribution in [2.24, 2.45) is 0 Å². The second kappa shape index (κ2) is 1.84. The van der Waals surface area contributed by atoms with Crippen LogP contribution in [0.25, 0.3) is 0 Å². The van der Waals surface area contributed by atoms with Gasteiger partial charge in [0.25, 0.3) is 0 Å². The molecule has 0 atom stereocenters. The van der Waals surface area contributed by atoms with E-state index in [9.17, 15) is 0 Å². The van der Waals surface area contributed by atoms with Crippen LogP contribution in [0.5, 0.6) is 0 Å². The van der Waals surface area contributed by atoms with Gasteiger partial charge in [-0.15, -0.1) is 0 Å². The molecule has 0 N–H and O–H groups in total. The van der Waals surface area contributed by atoms with Crippen molar-refractivity contribution in [1.82, 2.24) is 9.55 Å². The van der Waals surface area contributed by atoms with E-state index >= 15 is 0 Å². The highest BCUT2D eigenvalue weighted by Gasteiger charge is 2.18. The van der Waals surface area contributed by atoms with Gasteiger partial charge in [-0.2, -0.15) is 0 Å². The summed E-state index contributed by atoms with van der Waals surface area (Å²) in [7, 11) is 0. The highest BCUT2D eigenvalue weighted by molar-refractivity contribution is 4.81. The van der Waals surface area contributed by atoms with E-state index in [0.29, 0.717) is 6.04 Å². The number of imidazole rings is 1. The van der Waals surface area contributed by atoms with Gasteiger partial charge in [-0.25, -0.2) is 4.98 Å². The van der Waals surface area contributed by atoms with E-state index in [-0.39, 0.29) is 0 Å². The predicted octanol–water partition coefficient (Wildman–Crippen LogP) is 0.255. The highest BCUT2D eigenvalue weighted by atomic mass is 16.5. The van der Waals surface area contributed by atoms with Gasteiger partial charge in [-0.05, 0) is 0 Å². The van der Waals surface area contributed by atoms with Crippen LogP contribution in [0.1, 0.15) is 6.04 Å². The van der Waals surface area contributed by atoms with Gasteiger partial charge in [0, 0.05) is 0 Å². The molecule has 2 heterocycles. The Labute approximate surface area is 53.3 Å². The van der Waals surface area contributed by atoms with Crippen molar-refractivity contribution in [2.75, 3.05) is 13.2 Å². The van der Waals surface area contributed by atoms with Crippen LogP contribution >= 0.6 is 0 Å². The van der Waals surface area contributed by atoms with Crippen LogP contribution < -0.4 is 0 Å². The molecular weight excluding hydrogens is 116 g/mol. The summed E-state index contributed by atoms with van der Waals surface area (Å²) in [5, 5.41) is 0. The molecule has 1 fully saturated rings. The lowest BCUT2D eigenvalue weighted by Gasteiger charge is -2.26. The number of aromatic nitrogens is 2. The second-order valence-corrected chi connectivity index (χ2v) is 2.12. The normalized spacial score (nSPS) is 19.6. The highest BCUT2D eigenvalue weighted by Crippen LogP contribution is 2.14. The number of hydrogen-bond donors (Lipinski definition) is 0. The number of ether oxygens (including phenoxy) is 1. The standard InChI is InChI=1S/C6H7N2O/c1-2-8(5-7-1)6-3-9-4-6/h1,5-6H,3-4H2. The van der Waals surface area contributed by atoms with Gasteiger partial charge in [-0.1, -0.05) is 0 Å². The molecule has 1 aliphatic rings. The Morgan fingerprint density at radius 3 is 3.00 bits per heavy atom. The van der Waals surface area contributed by atoms with Crippen LogP contribution in [0.3, 0.4) is 0 Å². The summed E-state index contributed by atoms with van der Waals surface area (Å²) in [6, 6.07) is 0.493. The van der Waals surface area contributed by atoms with Gasteiger partial charge >= 0.3 is 0 Å². The maximum Gasteiger partial charge on any atom is 0.0955 e. The van der Waals surface area contributed by atoms with Crippen molar-refractivity contribution in [3.8, 4) is 0 Å². The average molecular weight is 123 g/mol. The molecule has 0 aliphatic carbocycles. The first kappa shape index (κ1) is 4.99. The van der Waals surface area contributed by atoms with Crippen LogP contribution in [-0.4, -0.2) is 22.8 Å². The molecular formula is C6H7N2O. The molecule has 1 radical (unpaired) electrons. The lowest BCUT2D eigenvalue weighted by molar-refractivity contribution is -0.0236. The topological polar surface area (TPSA) is 27.1 Å². The summed E-state index contributed by atoms with van der Waals surface area (Å²) >= 11 is 0. The van der Waals surface area contributed by atoms with Gasteiger partial charge in [-0.3, -0.25) is 0 Å². The molecule has 0 spiro atoms. The molecule has 47 valence electrons. The van der Waals surface area contributed by atoms with Gasteiger partial charge < -0.3 is 9.30 Å². The first-order valence-corrected chi connectivity index (χ1v) is 2.94. The summed E-state index contributed by atoms with van der Waals surface area (Å²) in [4.78, 5) is 3.88. The fraction of sp³-hybridized carbons (Fsp3) is 0.500. The third kappa shape index (κ3) is 0.733. The summed E-state index contributed by atoms with van der Waals surface area (Å²) in [6.45, 7) is 1.62. The van der Waals surface area contributed by atoms with Gasteiger partial charge in [0.2, 0.25) is 0 Å². The molecule has 0 amide bonds. The summed E-state index contributed by atoms with van der Waals surface area (Å²) in [5.41, 5.74) is 0. The molecule has 1 aromatic rings. The van der Waals surface area contributed by atoms with E-state index < -0.39 is 0 Å². The molecule has 0 bridgehead atoms. The third-order valence-corrected chi connectivity index (χ3v) is 1.49. The maximum atomic E-state index is 4.99. The molecule has 1 aliphatic heterocycles. The number of hydrogen-bond acceptors (Lipinski definition) is 2. The van der Waals surface area contributed by atoms with Crippen LogP contribution in [0.4, 0.5) is 0 Å². The van der Waals surface area contributed by atoms with E-state index in [4.69, 9.17) is 4.74 Å². The Hall–Kier alpha value is -0.830. The van der Waals surface area contributed by atoms with Crippen molar-refractivity contribution in [2.45, 2.75) is 6.04 Å². The molecule has 3 heteroatoms. The molecule has 0 unspecified atom stereocenters. The van der Waals surface area contributed by atoms with Crippen molar-refractivity contribution in [3.63, 3.8) is 0 Å².